The molecule has 3 nitrogen and oxygen atoms in total. The molecule has 0 aliphatic heterocycles. The molecule has 2 heterocycles. The molecule has 0 N–H and O–H groups in total. The van der Waals surface area contributed by atoms with E-state index in [4.69, 9.17) is 4.98 Å². The van der Waals surface area contributed by atoms with Gasteiger partial charge in [-0.25, -0.2) is 4.98 Å². The first kappa shape index (κ1) is 16.5. The van der Waals surface area contributed by atoms with E-state index >= 15 is 0 Å². The Morgan fingerprint density at radius 1 is 1.57 bits per heavy atom. The van der Waals surface area contributed by atoms with Crippen LogP contribution in [0.25, 0.3) is 10.2 Å². The minimum Gasteiger partial charge on any atom is -0.283 e. The molecule has 0 saturated carbocycles. The Morgan fingerprint density at radius 3 is 3.04 bits per heavy atom. The van der Waals surface area contributed by atoms with Gasteiger partial charge in [0.05, 0.1) is 5.39 Å². The van der Waals surface area contributed by atoms with Crippen molar-refractivity contribution in [3.63, 3.8) is 0 Å². The first-order chi connectivity index (χ1) is 11.0. The number of hydrogen-bond acceptors (Lipinski definition) is 4. The van der Waals surface area contributed by atoms with Crippen molar-refractivity contribution in [2.24, 2.45) is 5.92 Å². The van der Waals surface area contributed by atoms with Gasteiger partial charge in [0.15, 0.2) is 5.16 Å². The summed E-state index contributed by atoms with van der Waals surface area (Å²) >= 11 is 3.29. The van der Waals surface area contributed by atoms with E-state index in [1.165, 1.54) is 10.4 Å². The third-order valence-corrected chi connectivity index (χ3v) is 6.49. The predicted octanol–water partition coefficient (Wildman–Crippen LogP) is 4.44. The van der Waals surface area contributed by atoms with E-state index in [0.29, 0.717) is 12.5 Å². The zero-order valence-electron chi connectivity index (χ0n) is 13.7. The standard InChI is InChI=1S/C18H22N2OS2/c1-5-8-20-17(21)15-13-7-6-12(4)9-14(13)23-16(15)19-18(20)22-10-11(2)3/h5,12H,1-2,6-10H2,3-4H3. The Hall–Kier alpha value is -1.33. The van der Waals surface area contributed by atoms with Crippen molar-refractivity contribution in [1.29, 1.82) is 0 Å². The quantitative estimate of drug-likeness (QED) is 0.456. The van der Waals surface area contributed by atoms with E-state index in [9.17, 15) is 4.79 Å². The Labute approximate surface area is 145 Å². The molecular formula is C18H22N2OS2. The molecule has 0 bridgehead atoms. The van der Waals surface area contributed by atoms with Crippen LogP contribution >= 0.6 is 23.1 Å². The summed E-state index contributed by atoms with van der Waals surface area (Å²) < 4.78 is 1.76. The molecular weight excluding hydrogens is 324 g/mol. The van der Waals surface area contributed by atoms with Gasteiger partial charge in [0.1, 0.15) is 4.83 Å². The molecule has 0 spiro atoms. The molecule has 1 atom stereocenters. The summed E-state index contributed by atoms with van der Waals surface area (Å²) in [6.45, 7) is 12.5. The largest absolute Gasteiger partial charge is 0.283 e. The lowest BCUT2D eigenvalue weighted by molar-refractivity contribution is 0.509. The number of aromatic nitrogens is 2. The first-order valence-corrected chi connectivity index (χ1v) is 9.74. The summed E-state index contributed by atoms with van der Waals surface area (Å²) in [6.07, 6.45) is 5.00. The Balaban J connectivity index is 2.17. The molecule has 2 aromatic rings. The third-order valence-electron chi connectivity index (χ3n) is 4.14. The Morgan fingerprint density at radius 2 is 2.35 bits per heavy atom. The monoisotopic (exact) mass is 346 g/mol. The van der Waals surface area contributed by atoms with Crippen molar-refractivity contribution in [2.75, 3.05) is 5.75 Å². The van der Waals surface area contributed by atoms with Crippen molar-refractivity contribution < 1.29 is 0 Å². The van der Waals surface area contributed by atoms with E-state index in [2.05, 4.69) is 20.1 Å². The summed E-state index contributed by atoms with van der Waals surface area (Å²) in [5.41, 5.74) is 2.41. The number of fused-ring (bicyclic) bond motifs is 3. The molecule has 0 aromatic carbocycles. The second-order valence-corrected chi connectivity index (χ2v) is 8.40. The molecule has 5 heteroatoms. The Kier molecular flexibility index (Phi) is 4.78. The molecule has 1 unspecified atom stereocenters. The van der Waals surface area contributed by atoms with Crippen LogP contribution in [0.5, 0.6) is 0 Å². The number of thiophene rings is 1. The van der Waals surface area contributed by atoms with E-state index in [1.54, 1.807) is 33.7 Å². The minimum atomic E-state index is 0.0890. The number of thioether (sulfide) groups is 1. The summed E-state index contributed by atoms with van der Waals surface area (Å²) in [4.78, 5) is 20.1. The van der Waals surface area contributed by atoms with Gasteiger partial charge in [-0.2, -0.15) is 0 Å². The van der Waals surface area contributed by atoms with Crippen LogP contribution in [0.1, 0.15) is 30.7 Å². The molecule has 0 fully saturated rings. The second-order valence-electron chi connectivity index (χ2n) is 6.38. The van der Waals surface area contributed by atoms with Crippen molar-refractivity contribution in [3.05, 3.63) is 45.6 Å². The summed E-state index contributed by atoms with van der Waals surface area (Å²) in [7, 11) is 0. The van der Waals surface area contributed by atoms with Gasteiger partial charge in [-0.05, 0) is 37.7 Å². The number of nitrogens with zero attached hydrogens (tertiary/aromatic N) is 2. The van der Waals surface area contributed by atoms with Crippen LogP contribution in [0.4, 0.5) is 0 Å². The minimum absolute atomic E-state index is 0.0890. The maximum atomic E-state index is 13.0. The van der Waals surface area contributed by atoms with Crippen molar-refractivity contribution >= 4 is 33.3 Å². The zero-order valence-corrected chi connectivity index (χ0v) is 15.4. The van der Waals surface area contributed by atoms with Crippen LogP contribution < -0.4 is 5.56 Å². The van der Waals surface area contributed by atoms with Gasteiger partial charge in [0.2, 0.25) is 0 Å². The lowest BCUT2D eigenvalue weighted by atomic mass is 9.89. The SMILES string of the molecule is C=CCn1c(SCC(=C)C)nc2sc3c(c2c1=O)CCC(C)C3. The molecule has 3 rings (SSSR count). The maximum absolute atomic E-state index is 13.0. The van der Waals surface area contributed by atoms with Gasteiger partial charge in [-0.1, -0.05) is 36.9 Å². The van der Waals surface area contributed by atoms with Gasteiger partial charge >= 0.3 is 0 Å². The van der Waals surface area contributed by atoms with Crippen LogP contribution in [0.3, 0.4) is 0 Å². The topological polar surface area (TPSA) is 34.9 Å². The Bertz CT molecular complexity index is 832. The highest BCUT2D eigenvalue weighted by Crippen LogP contribution is 2.36. The average Bonchev–Trinajstić information content (AvgIpc) is 2.85. The molecule has 0 amide bonds. The number of hydrogen-bond donors (Lipinski definition) is 0. The number of allylic oxidation sites excluding steroid dienone is 1. The van der Waals surface area contributed by atoms with Gasteiger partial charge < -0.3 is 0 Å². The van der Waals surface area contributed by atoms with Gasteiger partial charge in [0.25, 0.3) is 5.56 Å². The zero-order chi connectivity index (χ0) is 16.6. The molecule has 23 heavy (non-hydrogen) atoms. The van der Waals surface area contributed by atoms with E-state index in [-0.39, 0.29) is 5.56 Å². The van der Waals surface area contributed by atoms with E-state index < -0.39 is 0 Å². The van der Waals surface area contributed by atoms with Crippen LogP contribution in [-0.2, 0) is 19.4 Å². The summed E-state index contributed by atoms with van der Waals surface area (Å²) in [5, 5.41) is 1.62. The van der Waals surface area contributed by atoms with E-state index in [1.807, 2.05) is 6.92 Å². The maximum Gasteiger partial charge on any atom is 0.263 e. The number of aryl methyl sites for hydroxylation is 1. The summed E-state index contributed by atoms with van der Waals surface area (Å²) in [5.74, 6) is 1.47. The lowest BCUT2D eigenvalue weighted by Gasteiger charge is -2.17. The third kappa shape index (κ3) is 3.17. The fourth-order valence-corrected chi connectivity index (χ4v) is 5.27. The van der Waals surface area contributed by atoms with E-state index in [0.717, 1.165) is 46.0 Å². The fraction of sp³-hybridized carbons (Fsp3) is 0.444. The lowest BCUT2D eigenvalue weighted by Crippen LogP contribution is -2.23. The van der Waals surface area contributed by atoms with Gasteiger partial charge in [0, 0.05) is 17.2 Å². The van der Waals surface area contributed by atoms with Crippen molar-refractivity contribution in [2.45, 2.75) is 44.8 Å². The highest BCUT2D eigenvalue weighted by molar-refractivity contribution is 7.99. The molecule has 2 aromatic heterocycles. The van der Waals surface area contributed by atoms with Crippen molar-refractivity contribution in [1.82, 2.24) is 9.55 Å². The highest BCUT2D eigenvalue weighted by atomic mass is 32.2. The molecule has 0 saturated heterocycles. The van der Waals surface area contributed by atoms with Gasteiger partial charge in [-0.15, -0.1) is 17.9 Å². The summed E-state index contributed by atoms with van der Waals surface area (Å²) in [6, 6.07) is 0. The molecule has 1 aliphatic carbocycles. The van der Waals surface area contributed by atoms with Crippen LogP contribution in [0.2, 0.25) is 0 Å². The van der Waals surface area contributed by atoms with Crippen LogP contribution in [0, 0.1) is 5.92 Å². The number of rotatable bonds is 5. The highest BCUT2D eigenvalue weighted by Gasteiger charge is 2.24. The smallest absolute Gasteiger partial charge is 0.263 e. The molecule has 122 valence electrons. The van der Waals surface area contributed by atoms with Crippen molar-refractivity contribution in [3.8, 4) is 0 Å². The first-order valence-electron chi connectivity index (χ1n) is 7.94. The van der Waals surface area contributed by atoms with Gasteiger partial charge in [-0.3, -0.25) is 9.36 Å². The van der Waals surface area contributed by atoms with Crippen LogP contribution in [0.15, 0.2) is 34.8 Å². The normalized spacial score (nSPS) is 17.2. The van der Waals surface area contributed by atoms with Crippen LogP contribution in [-0.4, -0.2) is 15.3 Å². The fourth-order valence-electron chi connectivity index (χ4n) is 2.99. The average molecular weight is 347 g/mol. The predicted molar refractivity (Wildman–Crippen MR) is 101 cm³/mol. The molecule has 1 aliphatic rings. The second kappa shape index (κ2) is 6.65. The molecule has 0 radical (unpaired) electrons.